The van der Waals surface area contributed by atoms with Gasteiger partial charge in [0.2, 0.25) is 0 Å². The number of hydrogen-bond acceptors (Lipinski definition) is 3. The summed E-state index contributed by atoms with van der Waals surface area (Å²) < 4.78 is 14.4. The second kappa shape index (κ2) is 4.11. The van der Waals surface area contributed by atoms with Crippen molar-refractivity contribution < 1.29 is 9.47 Å². The van der Waals surface area contributed by atoms with Gasteiger partial charge in [0.1, 0.15) is 0 Å². The zero-order chi connectivity index (χ0) is 14.9. The molecule has 2 aliphatic carbocycles. The van der Waals surface area contributed by atoms with Crippen molar-refractivity contribution in [2.75, 3.05) is 13.2 Å². The van der Waals surface area contributed by atoms with Gasteiger partial charge >= 0.3 is 0 Å². The van der Waals surface area contributed by atoms with E-state index in [9.17, 15) is 0 Å². The molecule has 1 saturated heterocycles. The fraction of sp³-hybridized carbons (Fsp3) is 0.824. The summed E-state index contributed by atoms with van der Waals surface area (Å²) in [6, 6.07) is 0. The minimum atomic E-state index is -0.368. The van der Waals surface area contributed by atoms with E-state index in [4.69, 9.17) is 9.47 Å². The Bertz CT molecular complexity index is 571. The normalized spacial score (nSPS) is 36.5. The number of fused-ring (bicyclic) bond motifs is 3. The highest BCUT2D eigenvalue weighted by Gasteiger charge is 2.63. The van der Waals surface area contributed by atoms with Crippen LogP contribution in [0.5, 0.6) is 0 Å². The molecule has 0 radical (unpaired) electrons. The molecular weight excluding hydrogens is 264 g/mol. The first kappa shape index (κ1) is 13.8. The van der Waals surface area contributed by atoms with Crippen LogP contribution in [0.25, 0.3) is 0 Å². The van der Waals surface area contributed by atoms with E-state index >= 15 is 0 Å². The van der Waals surface area contributed by atoms with E-state index in [2.05, 4.69) is 43.8 Å². The summed E-state index contributed by atoms with van der Waals surface area (Å²) in [5, 5.41) is 4.53. The van der Waals surface area contributed by atoms with E-state index in [1.807, 2.05) is 0 Å². The Balaban J connectivity index is 1.82. The van der Waals surface area contributed by atoms with Crippen molar-refractivity contribution in [2.45, 2.75) is 57.7 Å². The molecule has 21 heavy (non-hydrogen) atoms. The lowest BCUT2D eigenvalue weighted by Crippen LogP contribution is -2.61. The highest BCUT2D eigenvalue weighted by molar-refractivity contribution is 5.33. The first-order valence-corrected chi connectivity index (χ1v) is 8.20. The van der Waals surface area contributed by atoms with Crippen molar-refractivity contribution in [1.29, 1.82) is 0 Å². The van der Waals surface area contributed by atoms with Crippen molar-refractivity contribution in [2.24, 2.45) is 18.4 Å². The molecule has 0 N–H and O–H groups in total. The topological polar surface area (TPSA) is 36.3 Å². The molecule has 1 aromatic heterocycles. The van der Waals surface area contributed by atoms with Gasteiger partial charge in [-0.05, 0) is 30.7 Å². The van der Waals surface area contributed by atoms with Crippen LogP contribution in [-0.4, -0.2) is 28.8 Å². The van der Waals surface area contributed by atoms with E-state index in [1.54, 1.807) is 0 Å². The van der Waals surface area contributed by atoms with Crippen molar-refractivity contribution in [3.63, 3.8) is 0 Å². The lowest BCUT2D eigenvalue weighted by Gasteiger charge is -2.59. The fourth-order valence-electron chi connectivity index (χ4n) is 5.62. The molecule has 0 bridgehead atoms. The van der Waals surface area contributed by atoms with Crippen LogP contribution >= 0.6 is 0 Å². The molecule has 1 saturated carbocycles. The summed E-state index contributed by atoms with van der Waals surface area (Å²) in [6.07, 6.45) is 6.50. The van der Waals surface area contributed by atoms with Crippen LogP contribution in [0, 0.1) is 11.3 Å². The van der Waals surface area contributed by atoms with Crippen LogP contribution in [0.1, 0.15) is 51.3 Å². The second-order valence-corrected chi connectivity index (χ2v) is 7.82. The van der Waals surface area contributed by atoms with Gasteiger partial charge < -0.3 is 9.47 Å². The lowest BCUT2D eigenvalue weighted by atomic mass is 9.49. The molecule has 1 spiro atoms. The fourth-order valence-corrected chi connectivity index (χ4v) is 5.62. The largest absolute Gasteiger partial charge is 0.347 e. The van der Waals surface area contributed by atoms with Gasteiger partial charge in [0, 0.05) is 30.0 Å². The van der Waals surface area contributed by atoms with E-state index in [0.29, 0.717) is 5.92 Å². The third-order valence-electron chi connectivity index (χ3n) is 6.61. The number of aryl methyl sites for hydroxylation is 2. The van der Waals surface area contributed by atoms with Gasteiger partial charge in [-0.25, -0.2) is 0 Å². The second-order valence-electron chi connectivity index (χ2n) is 7.82. The zero-order valence-electron chi connectivity index (χ0n) is 13.6. The molecule has 0 unspecified atom stereocenters. The third kappa shape index (κ3) is 1.55. The maximum absolute atomic E-state index is 6.15. The molecule has 2 heterocycles. The number of rotatable bonds is 0. The molecule has 1 aromatic rings. The van der Waals surface area contributed by atoms with Gasteiger partial charge in [0.25, 0.3) is 0 Å². The van der Waals surface area contributed by atoms with Crippen LogP contribution in [-0.2, 0) is 28.4 Å². The number of ether oxygens (including phenoxy) is 2. The minimum Gasteiger partial charge on any atom is -0.347 e. The van der Waals surface area contributed by atoms with E-state index < -0.39 is 0 Å². The Hall–Kier alpha value is -0.870. The maximum atomic E-state index is 6.15. The molecule has 4 heteroatoms. The van der Waals surface area contributed by atoms with Gasteiger partial charge in [0.05, 0.1) is 19.4 Å². The minimum absolute atomic E-state index is 0.0263. The van der Waals surface area contributed by atoms with Gasteiger partial charge in [-0.3, -0.25) is 4.68 Å². The average molecular weight is 290 g/mol. The molecule has 2 fully saturated rings. The molecule has 116 valence electrons. The van der Waals surface area contributed by atoms with Crippen LogP contribution in [0.3, 0.4) is 0 Å². The monoisotopic (exact) mass is 290 g/mol. The van der Waals surface area contributed by atoms with Crippen molar-refractivity contribution in [3.05, 3.63) is 17.5 Å². The third-order valence-corrected chi connectivity index (χ3v) is 6.61. The van der Waals surface area contributed by atoms with E-state index in [0.717, 1.165) is 32.5 Å². The molecular formula is C17H26N2O2. The van der Waals surface area contributed by atoms with Gasteiger partial charge in [-0.15, -0.1) is 0 Å². The summed E-state index contributed by atoms with van der Waals surface area (Å²) in [5.74, 6) is 0.201. The number of nitrogens with zero attached hydrogens (tertiary/aromatic N) is 2. The zero-order valence-corrected chi connectivity index (χ0v) is 13.6. The Labute approximate surface area is 126 Å². The predicted molar refractivity (Wildman–Crippen MR) is 80.0 cm³/mol. The van der Waals surface area contributed by atoms with Crippen molar-refractivity contribution in [3.8, 4) is 0 Å². The van der Waals surface area contributed by atoms with Gasteiger partial charge in [-0.2, -0.15) is 5.10 Å². The smallest absolute Gasteiger partial charge is 0.173 e. The van der Waals surface area contributed by atoms with Crippen molar-refractivity contribution >= 4 is 0 Å². The Morgan fingerprint density at radius 3 is 2.62 bits per heavy atom. The first-order valence-electron chi connectivity index (χ1n) is 8.20. The highest BCUT2D eigenvalue weighted by Crippen LogP contribution is 2.62. The summed E-state index contributed by atoms with van der Waals surface area (Å²) in [6.45, 7) is 8.61. The summed E-state index contributed by atoms with van der Waals surface area (Å²) in [7, 11) is 2.09. The molecule has 0 amide bonds. The number of hydrogen-bond donors (Lipinski definition) is 0. The predicted octanol–water partition coefficient (Wildman–Crippen LogP) is 2.80. The number of aromatic nitrogens is 2. The van der Waals surface area contributed by atoms with Crippen LogP contribution in [0.4, 0.5) is 0 Å². The molecule has 1 aliphatic heterocycles. The van der Waals surface area contributed by atoms with Crippen LogP contribution in [0.15, 0.2) is 6.20 Å². The molecule has 2 atom stereocenters. The molecule has 4 rings (SSSR count). The molecule has 4 nitrogen and oxygen atoms in total. The maximum Gasteiger partial charge on any atom is 0.173 e. The van der Waals surface area contributed by atoms with Crippen molar-refractivity contribution in [1.82, 2.24) is 9.78 Å². The summed E-state index contributed by atoms with van der Waals surface area (Å²) >= 11 is 0. The van der Waals surface area contributed by atoms with E-state index in [-0.39, 0.29) is 16.6 Å². The van der Waals surface area contributed by atoms with Crippen LogP contribution < -0.4 is 0 Å². The Morgan fingerprint density at radius 1 is 1.19 bits per heavy atom. The highest BCUT2D eigenvalue weighted by atomic mass is 16.7. The molecule has 0 aromatic carbocycles. The quantitative estimate of drug-likeness (QED) is 0.737. The summed E-state index contributed by atoms with van der Waals surface area (Å²) in [4.78, 5) is 0. The van der Waals surface area contributed by atoms with Gasteiger partial charge in [0.15, 0.2) is 5.79 Å². The standard InChI is InChI=1S/C17H26N2O2/c1-15(2)13-6-5-12-11-18-19(4)14(12)16(13,3)7-8-17(15)20-9-10-21-17/h11,13H,5-10H2,1-4H3/t13-,16-/m0/s1. The first-order chi connectivity index (χ1) is 9.91. The van der Waals surface area contributed by atoms with Gasteiger partial charge in [-0.1, -0.05) is 20.8 Å². The SMILES string of the molecule is Cn1ncc2c1[C@@]1(C)CCC3(OCCO3)C(C)(C)[C@@H]1CC2. The van der Waals surface area contributed by atoms with Crippen LogP contribution in [0.2, 0.25) is 0 Å². The lowest BCUT2D eigenvalue weighted by molar-refractivity contribution is -0.276. The van der Waals surface area contributed by atoms with E-state index in [1.165, 1.54) is 17.7 Å². The molecule has 3 aliphatic rings. The average Bonchev–Trinajstić information content (AvgIpc) is 3.04. The Kier molecular flexibility index (Phi) is 2.69. The summed E-state index contributed by atoms with van der Waals surface area (Å²) in [5.41, 5.74) is 3.09. The Morgan fingerprint density at radius 2 is 1.90 bits per heavy atom.